The van der Waals surface area contributed by atoms with Gasteiger partial charge in [0.1, 0.15) is 0 Å². The molecule has 1 fully saturated rings. The van der Waals surface area contributed by atoms with E-state index in [0.717, 1.165) is 30.1 Å². The normalized spacial score (nSPS) is 14.6. The summed E-state index contributed by atoms with van der Waals surface area (Å²) in [6, 6.07) is 6.98. The summed E-state index contributed by atoms with van der Waals surface area (Å²) in [5.74, 6) is -0.239. The molecule has 0 radical (unpaired) electrons. The van der Waals surface area contributed by atoms with Crippen molar-refractivity contribution in [2.24, 2.45) is 0 Å². The Morgan fingerprint density at radius 2 is 1.68 bits per heavy atom. The molecule has 3 rings (SSSR count). The highest BCUT2D eigenvalue weighted by Gasteiger charge is 2.14. The molecule has 0 saturated carbocycles. The number of benzene rings is 1. The van der Waals surface area contributed by atoms with Crippen molar-refractivity contribution in [3.63, 3.8) is 0 Å². The van der Waals surface area contributed by atoms with Crippen LogP contribution in [0.2, 0.25) is 0 Å². The fraction of sp³-hybridized carbons (Fsp3) is 0.421. The van der Waals surface area contributed by atoms with Gasteiger partial charge in [-0.05, 0) is 31.2 Å². The zero-order chi connectivity index (χ0) is 19.9. The number of nitrogens with one attached hydrogen (secondary N) is 2. The number of anilines is 2. The number of nitrogens with zero attached hydrogens (tertiary/aromatic N) is 2. The second kappa shape index (κ2) is 9.63. The number of aryl methyl sites for hydroxylation is 1. The van der Waals surface area contributed by atoms with Gasteiger partial charge < -0.3 is 19.9 Å². The Morgan fingerprint density at radius 1 is 1.07 bits per heavy atom. The van der Waals surface area contributed by atoms with Gasteiger partial charge in [0.15, 0.2) is 0 Å². The van der Waals surface area contributed by atoms with Gasteiger partial charge in [0, 0.05) is 48.5 Å². The van der Waals surface area contributed by atoms with E-state index in [1.807, 2.05) is 11.8 Å². The van der Waals surface area contributed by atoms with Gasteiger partial charge in [-0.25, -0.2) is 0 Å². The van der Waals surface area contributed by atoms with Crippen LogP contribution in [0.1, 0.15) is 12.1 Å². The predicted octanol–water partition coefficient (Wildman–Crippen LogP) is 1.52. The first-order chi connectivity index (χ1) is 13.5. The van der Waals surface area contributed by atoms with Crippen LogP contribution in [0.25, 0.3) is 0 Å². The van der Waals surface area contributed by atoms with Crippen molar-refractivity contribution in [2.75, 3.05) is 43.5 Å². The number of morpholine rings is 1. The zero-order valence-electron chi connectivity index (χ0n) is 15.8. The number of carbonyl (C=O) groups is 2. The van der Waals surface area contributed by atoms with Gasteiger partial charge in [-0.15, -0.1) is 0 Å². The lowest BCUT2D eigenvalue weighted by atomic mass is 10.2. The summed E-state index contributed by atoms with van der Waals surface area (Å²) in [5.41, 5.74) is 2.18. The molecule has 2 heterocycles. The van der Waals surface area contributed by atoms with Crippen LogP contribution in [0.15, 0.2) is 34.4 Å². The van der Waals surface area contributed by atoms with Gasteiger partial charge >= 0.3 is 4.87 Å². The number of ether oxygens (including phenoxy) is 1. The fourth-order valence-corrected chi connectivity index (χ4v) is 3.67. The van der Waals surface area contributed by atoms with Crippen LogP contribution in [0.5, 0.6) is 0 Å². The molecule has 1 aliphatic rings. The molecule has 28 heavy (non-hydrogen) atoms. The number of carbonyl (C=O) groups excluding carboxylic acids is 2. The molecule has 0 unspecified atom stereocenters. The third kappa shape index (κ3) is 5.75. The first-order valence-electron chi connectivity index (χ1n) is 9.16. The largest absolute Gasteiger partial charge is 0.379 e. The molecule has 2 aromatic rings. The highest BCUT2D eigenvalue weighted by Crippen LogP contribution is 2.14. The molecule has 1 saturated heterocycles. The van der Waals surface area contributed by atoms with Gasteiger partial charge in [0.05, 0.1) is 19.8 Å². The summed E-state index contributed by atoms with van der Waals surface area (Å²) < 4.78 is 6.86. The third-order valence-electron chi connectivity index (χ3n) is 4.46. The van der Waals surface area contributed by atoms with Crippen LogP contribution in [0.3, 0.4) is 0 Å². The fourth-order valence-electron chi connectivity index (χ4n) is 2.91. The number of hydrogen-bond donors (Lipinski definition) is 2. The van der Waals surface area contributed by atoms with Crippen LogP contribution in [-0.4, -0.2) is 54.1 Å². The Kier molecular flexibility index (Phi) is 6.96. The predicted molar refractivity (Wildman–Crippen MR) is 109 cm³/mol. The molecule has 0 bridgehead atoms. The lowest BCUT2D eigenvalue weighted by Crippen LogP contribution is -2.41. The molecule has 9 heteroatoms. The molecule has 1 aromatic carbocycles. The summed E-state index contributed by atoms with van der Waals surface area (Å²) in [5, 5.41) is 7.44. The Bertz CT molecular complexity index is 869. The van der Waals surface area contributed by atoms with Crippen molar-refractivity contribution in [1.29, 1.82) is 0 Å². The molecule has 1 aromatic heterocycles. The van der Waals surface area contributed by atoms with E-state index in [9.17, 15) is 14.4 Å². The third-order valence-corrected chi connectivity index (χ3v) is 5.34. The number of hydrogen-bond acceptors (Lipinski definition) is 6. The Balaban J connectivity index is 1.45. The molecule has 0 aliphatic carbocycles. The maximum absolute atomic E-state index is 12.1. The second-order valence-corrected chi connectivity index (χ2v) is 7.43. The molecular formula is C19H24N4O4S. The maximum Gasteiger partial charge on any atom is 0.307 e. The van der Waals surface area contributed by atoms with Crippen molar-refractivity contribution in [3.05, 3.63) is 45.0 Å². The van der Waals surface area contributed by atoms with Gasteiger partial charge in [-0.1, -0.05) is 11.3 Å². The second-order valence-electron chi connectivity index (χ2n) is 6.61. The van der Waals surface area contributed by atoms with Crippen LogP contribution >= 0.6 is 11.3 Å². The quantitative estimate of drug-likeness (QED) is 0.730. The lowest BCUT2D eigenvalue weighted by molar-refractivity contribution is -0.118. The number of rotatable bonds is 7. The van der Waals surface area contributed by atoms with Crippen LogP contribution in [-0.2, 0) is 20.9 Å². The van der Waals surface area contributed by atoms with Gasteiger partial charge in [0.2, 0.25) is 11.8 Å². The van der Waals surface area contributed by atoms with Gasteiger partial charge in [-0.2, -0.15) is 0 Å². The Morgan fingerprint density at radius 3 is 2.25 bits per heavy atom. The Labute approximate surface area is 167 Å². The van der Waals surface area contributed by atoms with E-state index in [2.05, 4.69) is 10.6 Å². The van der Waals surface area contributed by atoms with E-state index in [0.29, 0.717) is 37.7 Å². The summed E-state index contributed by atoms with van der Waals surface area (Å²) in [6.45, 7) is 5.37. The van der Waals surface area contributed by atoms with E-state index < -0.39 is 0 Å². The summed E-state index contributed by atoms with van der Waals surface area (Å²) in [7, 11) is 0. The minimum absolute atomic E-state index is 0.0533. The Hall–Kier alpha value is -2.49. The smallest absolute Gasteiger partial charge is 0.307 e. The van der Waals surface area contributed by atoms with Crippen molar-refractivity contribution in [1.82, 2.24) is 9.47 Å². The van der Waals surface area contributed by atoms with E-state index in [1.165, 1.54) is 0 Å². The first kappa shape index (κ1) is 20.2. The van der Waals surface area contributed by atoms with Crippen molar-refractivity contribution >= 4 is 34.5 Å². The molecule has 8 nitrogen and oxygen atoms in total. The van der Waals surface area contributed by atoms with Crippen LogP contribution in [0.4, 0.5) is 11.4 Å². The van der Waals surface area contributed by atoms with Crippen molar-refractivity contribution < 1.29 is 14.3 Å². The summed E-state index contributed by atoms with van der Waals surface area (Å²) in [4.78, 5) is 37.9. The molecule has 1 aliphatic heterocycles. The lowest BCUT2D eigenvalue weighted by Gasteiger charge is -2.25. The van der Waals surface area contributed by atoms with Crippen LogP contribution < -0.4 is 15.5 Å². The molecule has 150 valence electrons. The first-order valence-corrected chi connectivity index (χ1v) is 10.0. The van der Waals surface area contributed by atoms with E-state index in [-0.39, 0.29) is 23.1 Å². The molecular weight excluding hydrogens is 380 g/mol. The van der Waals surface area contributed by atoms with E-state index in [1.54, 1.807) is 34.2 Å². The van der Waals surface area contributed by atoms with Crippen molar-refractivity contribution in [3.8, 4) is 0 Å². The minimum atomic E-state index is -0.165. The average Bonchev–Trinajstić information content (AvgIpc) is 3.00. The van der Waals surface area contributed by atoms with E-state index >= 15 is 0 Å². The van der Waals surface area contributed by atoms with Crippen molar-refractivity contribution in [2.45, 2.75) is 19.9 Å². The summed E-state index contributed by atoms with van der Waals surface area (Å²) in [6.07, 6.45) is 0.218. The maximum atomic E-state index is 12.1. The molecule has 2 amide bonds. The van der Waals surface area contributed by atoms with Gasteiger partial charge in [-0.3, -0.25) is 19.3 Å². The average molecular weight is 404 g/mol. The highest BCUT2D eigenvalue weighted by atomic mass is 32.1. The summed E-state index contributed by atoms with van der Waals surface area (Å²) >= 11 is 1.14. The van der Waals surface area contributed by atoms with Gasteiger partial charge in [0.25, 0.3) is 0 Å². The zero-order valence-corrected chi connectivity index (χ0v) is 16.6. The topological polar surface area (TPSA) is 92.7 Å². The SMILES string of the molecule is Cc1csc(=O)n1CCC(=O)Nc1ccc(NC(=O)CN2CCOCC2)cc1. The minimum Gasteiger partial charge on any atom is -0.379 e. The molecule has 2 N–H and O–H groups in total. The monoisotopic (exact) mass is 404 g/mol. The number of amides is 2. The van der Waals surface area contributed by atoms with E-state index in [4.69, 9.17) is 4.74 Å². The number of thiazole rings is 1. The van der Waals surface area contributed by atoms with Crippen LogP contribution in [0, 0.1) is 6.92 Å². The highest BCUT2D eigenvalue weighted by molar-refractivity contribution is 7.07. The number of aromatic nitrogens is 1. The molecule has 0 atom stereocenters. The molecule has 0 spiro atoms. The standard InChI is InChI=1S/C19H24N4O4S/c1-14-13-28-19(26)23(14)7-6-17(24)20-15-2-4-16(5-3-15)21-18(25)12-22-8-10-27-11-9-22/h2-5,13H,6-12H2,1H3,(H,20,24)(H,21,25).